The van der Waals surface area contributed by atoms with Crippen LogP contribution in [0.25, 0.3) is 0 Å². The zero-order valence-electron chi connectivity index (χ0n) is 10.5. The van der Waals surface area contributed by atoms with Crippen molar-refractivity contribution in [2.24, 2.45) is 5.73 Å². The fourth-order valence-corrected chi connectivity index (χ4v) is 3.05. The molecule has 1 atom stereocenters. The van der Waals surface area contributed by atoms with Crippen molar-refractivity contribution < 1.29 is 9.47 Å². The third kappa shape index (κ3) is 2.68. The standard InChI is InChI=1S/C14H12Br2N2O2/c15-9-3-8(6-18-7-9)14(17)10-4-12-13(5-11(10)16)20-2-1-19-12/h3-7,14H,1-2,17H2. The lowest BCUT2D eigenvalue weighted by molar-refractivity contribution is 0.171. The second-order valence-corrected chi connectivity index (χ2v) is 6.20. The molecule has 0 fully saturated rings. The van der Waals surface area contributed by atoms with Gasteiger partial charge in [0.25, 0.3) is 0 Å². The van der Waals surface area contributed by atoms with Gasteiger partial charge in [0.05, 0.1) is 6.04 Å². The van der Waals surface area contributed by atoms with Crippen molar-refractivity contribution in [2.45, 2.75) is 6.04 Å². The molecule has 0 bridgehead atoms. The molecule has 1 aromatic carbocycles. The van der Waals surface area contributed by atoms with Crippen LogP contribution in [0.2, 0.25) is 0 Å². The summed E-state index contributed by atoms with van der Waals surface area (Å²) in [6.07, 6.45) is 3.49. The van der Waals surface area contributed by atoms with E-state index in [9.17, 15) is 0 Å². The summed E-state index contributed by atoms with van der Waals surface area (Å²) in [5.74, 6) is 1.47. The molecule has 0 aliphatic carbocycles. The SMILES string of the molecule is NC(c1cncc(Br)c1)c1cc2c(cc1Br)OCCO2. The number of hydrogen-bond acceptors (Lipinski definition) is 4. The summed E-state index contributed by atoms with van der Waals surface area (Å²) in [5.41, 5.74) is 8.20. The quantitative estimate of drug-likeness (QED) is 0.840. The van der Waals surface area contributed by atoms with Crippen LogP contribution in [0.5, 0.6) is 11.5 Å². The maximum absolute atomic E-state index is 6.33. The lowest BCUT2D eigenvalue weighted by Crippen LogP contribution is -2.17. The maximum atomic E-state index is 6.33. The monoisotopic (exact) mass is 398 g/mol. The van der Waals surface area contributed by atoms with E-state index in [1.807, 2.05) is 18.2 Å². The Morgan fingerprint density at radius 1 is 1.05 bits per heavy atom. The highest BCUT2D eigenvalue weighted by Crippen LogP contribution is 2.38. The topological polar surface area (TPSA) is 57.4 Å². The summed E-state index contributed by atoms with van der Waals surface area (Å²) in [5, 5.41) is 0. The molecule has 1 aliphatic rings. The van der Waals surface area contributed by atoms with Gasteiger partial charge in [-0.2, -0.15) is 0 Å². The van der Waals surface area contributed by atoms with Gasteiger partial charge in [-0.15, -0.1) is 0 Å². The number of hydrogen-bond donors (Lipinski definition) is 1. The van der Waals surface area contributed by atoms with Crippen LogP contribution < -0.4 is 15.2 Å². The summed E-state index contributed by atoms with van der Waals surface area (Å²) in [7, 11) is 0. The molecule has 1 unspecified atom stereocenters. The molecule has 0 spiro atoms. The van der Waals surface area contributed by atoms with Gasteiger partial charge in [-0.3, -0.25) is 4.98 Å². The van der Waals surface area contributed by atoms with E-state index in [4.69, 9.17) is 15.2 Å². The van der Waals surface area contributed by atoms with Gasteiger partial charge in [-0.1, -0.05) is 15.9 Å². The molecule has 104 valence electrons. The molecule has 6 heteroatoms. The van der Waals surface area contributed by atoms with Crippen molar-refractivity contribution in [2.75, 3.05) is 13.2 Å². The molecular formula is C14H12Br2N2O2. The number of aromatic nitrogens is 1. The van der Waals surface area contributed by atoms with E-state index < -0.39 is 0 Å². The van der Waals surface area contributed by atoms with Gasteiger partial charge in [0, 0.05) is 21.3 Å². The zero-order valence-corrected chi connectivity index (χ0v) is 13.6. The Hall–Kier alpha value is -1.11. The Morgan fingerprint density at radius 3 is 2.45 bits per heavy atom. The lowest BCUT2D eigenvalue weighted by atomic mass is 10.0. The fraction of sp³-hybridized carbons (Fsp3) is 0.214. The smallest absolute Gasteiger partial charge is 0.162 e. The van der Waals surface area contributed by atoms with E-state index in [0.717, 1.165) is 31.6 Å². The highest BCUT2D eigenvalue weighted by atomic mass is 79.9. The Morgan fingerprint density at radius 2 is 1.75 bits per heavy atom. The molecule has 3 rings (SSSR count). The van der Waals surface area contributed by atoms with Crippen molar-refractivity contribution in [1.29, 1.82) is 0 Å². The van der Waals surface area contributed by atoms with Gasteiger partial charge in [-0.05, 0) is 45.3 Å². The van der Waals surface area contributed by atoms with Gasteiger partial charge in [0.1, 0.15) is 13.2 Å². The minimum absolute atomic E-state index is 0.287. The molecule has 2 N–H and O–H groups in total. The number of benzene rings is 1. The Kier molecular flexibility index (Phi) is 3.96. The number of ether oxygens (including phenoxy) is 2. The van der Waals surface area contributed by atoms with Gasteiger partial charge in [-0.25, -0.2) is 0 Å². The van der Waals surface area contributed by atoms with Crippen molar-refractivity contribution in [3.8, 4) is 11.5 Å². The van der Waals surface area contributed by atoms with Crippen molar-refractivity contribution in [3.63, 3.8) is 0 Å². The molecule has 1 aliphatic heterocycles. The van der Waals surface area contributed by atoms with Crippen LogP contribution in [-0.2, 0) is 0 Å². The maximum Gasteiger partial charge on any atom is 0.162 e. The van der Waals surface area contributed by atoms with E-state index in [1.165, 1.54) is 0 Å². The van der Waals surface area contributed by atoms with Gasteiger partial charge in [0.15, 0.2) is 11.5 Å². The average Bonchev–Trinajstić information content (AvgIpc) is 2.46. The molecule has 0 radical (unpaired) electrons. The second-order valence-electron chi connectivity index (χ2n) is 4.43. The molecule has 0 saturated carbocycles. The van der Waals surface area contributed by atoms with E-state index in [-0.39, 0.29) is 6.04 Å². The number of fused-ring (bicyclic) bond motifs is 1. The minimum Gasteiger partial charge on any atom is -0.486 e. The van der Waals surface area contributed by atoms with Crippen LogP contribution in [0.3, 0.4) is 0 Å². The fourth-order valence-electron chi connectivity index (χ4n) is 2.10. The average molecular weight is 400 g/mol. The normalized spacial score (nSPS) is 14.9. The zero-order chi connectivity index (χ0) is 14.1. The third-order valence-corrected chi connectivity index (χ3v) is 4.20. The molecule has 0 amide bonds. The third-order valence-electron chi connectivity index (χ3n) is 3.08. The lowest BCUT2D eigenvalue weighted by Gasteiger charge is -2.22. The number of rotatable bonds is 2. The van der Waals surface area contributed by atoms with Crippen LogP contribution in [0.4, 0.5) is 0 Å². The summed E-state index contributed by atoms with van der Waals surface area (Å²) < 4.78 is 13.0. The van der Waals surface area contributed by atoms with Crippen LogP contribution in [0.1, 0.15) is 17.2 Å². The van der Waals surface area contributed by atoms with Gasteiger partial charge in [0.2, 0.25) is 0 Å². The summed E-state index contributed by atoms with van der Waals surface area (Å²) in [6, 6.07) is 5.49. The van der Waals surface area contributed by atoms with Crippen LogP contribution in [-0.4, -0.2) is 18.2 Å². The van der Waals surface area contributed by atoms with Crippen LogP contribution >= 0.6 is 31.9 Å². The largest absolute Gasteiger partial charge is 0.486 e. The summed E-state index contributed by atoms with van der Waals surface area (Å²) >= 11 is 6.95. The predicted octanol–water partition coefficient (Wildman–Crippen LogP) is 3.43. The Labute approximate surface area is 133 Å². The first-order valence-electron chi connectivity index (χ1n) is 6.10. The van der Waals surface area contributed by atoms with Crippen LogP contribution in [0.15, 0.2) is 39.5 Å². The van der Waals surface area contributed by atoms with Crippen molar-refractivity contribution in [3.05, 3.63) is 50.7 Å². The Bertz CT molecular complexity index is 649. The van der Waals surface area contributed by atoms with E-state index >= 15 is 0 Å². The molecule has 0 saturated heterocycles. The van der Waals surface area contributed by atoms with Gasteiger partial charge < -0.3 is 15.2 Å². The molecular weight excluding hydrogens is 388 g/mol. The first-order chi connectivity index (χ1) is 9.65. The number of nitrogens with zero attached hydrogens (tertiary/aromatic N) is 1. The number of halogens is 2. The predicted molar refractivity (Wildman–Crippen MR) is 83.1 cm³/mol. The van der Waals surface area contributed by atoms with Crippen molar-refractivity contribution in [1.82, 2.24) is 4.98 Å². The molecule has 2 heterocycles. The number of nitrogens with two attached hydrogens (primary N) is 1. The first kappa shape index (κ1) is 13.9. The Balaban J connectivity index is 2.01. The summed E-state index contributed by atoms with van der Waals surface area (Å²) in [6.45, 7) is 1.13. The second kappa shape index (κ2) is 5.71. The molecule has 4 nitrogen and oxygen atoms in total. The molecule has 20 heavy (non-hydrogen) atoms. The first-order valence-corrected chi connectivity index (χ1v) is 7.69. The highest BCUT2D eigenvalue weighted by Gasteiger charge is 2.19. The van der Waals surface area contributed by atoms with Gasteiger partial charge >= 0.3 is 0 Å². The molecule has 1 aromatic heterocycles. The summed E-state index contributed by atoms with van der Waals surface area (Å²) in [4.78, 5) is 4.15. The number of pyridine rings is 1. The van der Waals surface area contributed by atoms with Crippen LogP contribution in [0, 0.1) is 0 Å². The van der Waals surface area contributed by atoms with E-state index in [2.05, 4.69) is 36.8 Å². The highest BCUT2D eigenvalue weighted by molar-refractivity contribution is 9.10. The van der Waals surface area contributed by atoms with E-state index in [1.54, 1.807) is 12.4 Å². The molecule has 2 aromatic rings. The minimum atomic E-state index is -0.287. The van der Waals surface area contributed by atoms with Crippen molar-refractivity contribution >= 4 is 31.9 Å². The van der Waals surface area contributed by atoms with E-state index in [0.29, 0.717) is 13.2 Å².